The van der Waals surface area contributed by atoms with Crippen molar-refractivity contribution < 1.29 is 8.42 Å². The van der Waals surface area contributed by atoms with Gasteiger partial charge in [0.15, 0.2) is 5.82 Å². The first-order chi connectivity index (χ1) is 8.50. The molecule has 0 spiro atoms. The predicted molar refractivity (Wildman–Crippen MR) is 72.1 cm³/mol. The van der Waals surface area contributed by atoms with E-state index in [-0.39, 0.29) is 11.6 Å². The molecule has 1 heterocycles. The van der Waals surface area contributed by atoms with Crippen LogP contribution in [0.25, 0.3) is 11.3 Å². The Bertz CT molecular complexity index is 635. The molecule has 96 valence electrons. The number of hydrogen-bond donors (Lipinski definition) is 2. The highest BCUT2D eigenvalue weighted by Crippen LogP contribution is 2.21. The third kappa shape index (κ3) is 3.02. The lowest BCUT2D eigenvalue weighted by atomic mass is 10.1. The zero-order chi connectivity index (χ0) is 13.2. The van der Waals surface area contributed by atoms with E-state index in [9.17, 15) is 8.42 Å². The Labute approximate surface area is 110 Å². The Morgan fingerprint density at radius 2 is 2.00 bits per heavy atom. The highest BCUT2D eigenvalue weighted by atomic mass is 35.5. The molecule has 0 saturated heterocycles. The van der Waals surface area contributed by atoms with Crippen LogP contribution in [0.4, 0.5) is 5.82 Å². The van der Waals surface area contributed by atoms with Gasteiger partial charge in [-0.15, -0.1) is 0 Å². The van der Waals surface area contributed by atoms with Gasteiger partial charge in [-0.3, -0.25) is 9.82 Å². The van der Waals surface area contributed by atoms with Crippen LogP contribution in [0.3, 0.4) is 0 Å². The van der Waals surface area contributed by atoms with Gasteiger partial charge in [-0.2, -0.15) is 5.10 Å². The maximum atomic E-state index is 11.4. The molecule has 0 aliphatic carbocycles. The molecule has 2 aromatic rings. The Balaban J connectivity index is 2.23. The Hall–Kier alpha value is -1.53. The lowest BCUT2D eigenvalue weighted by Gasteiger charge is -2.00. The predicted octanol–water partition coefficient (Wildman–Crippen LogP) is 2.49. The second kappa shape index (κ2) is 4.99. The Kier molecular flexibility index (Phi) is 3.58. The number of sulfonamides is 1. The van der Waals surface area contributed by atoms with Crippen LogP contribution in [-0.2, 0) is 10.0 Å². The molecule has 18 heavy (non-hydrogen) atoms. The Morgan fingerprint density at radius 3 is 2.61 bits per heavy atom. The van der Waals surface area contributed by atoms with E-state index in [1.807, 2.05) is 12.1 Å². The third-order valence-corrected chi connectivity index (χ3v) is 3.91. The molecule has 0 amide bonds. The van der Waals surface area contributed by atoms with Gasteiger partial charge >= 0.3 is 0 Å². The molecule has 2 N–H and O–H groups in total. The van der Waals surface area contributed by atoms with Crippen LogP contribution in [0.1, 0.15) is 6.92 Å². The van der Waals surface area contributed by atoms with E-state index in [1.165, 1.54) is 0 Å². The summed E-state index contributed by atoms with van der Waals surface area (Å²) in [6.07, 6.45) is 0. The van der Waals surface area contributed by atoms with Gasteiger partial charge in [0.1, 0.15) is 0 Å². The fourth-order valence-electron chi connectivity index (χ4n) is 1.38. The van der Waals surface area contributed by atoms with Crippen molar-refractivity contribution in [2.45, 2.75) is 6.92 Å². The summed E-state index contributed by atoms with van der Waals surface area (Å²) < 4.78 is 25.1. The monoisotopic (exact) mass is 285 g/mol. The number of nitrogens with one attached hydrogen (secondary N) is 2. The number of halogens is 1. The third-order valence-electron chi connectivity index (χ3n) is 2.37. The summed E-state index contributed by atoms with van der Waals surface area (Å²) >= 11 is 5.79. The number of anilines is 1. The summed E-state index contributed by atoms with van der Waals surface area (Å²) in [5.41, 5.74) is 1.61. The summed E-state index contributed by atoms with van der Waals surface area (Å²) in [6, 6.07) is 8.81. The van der Waals surface area contributed by atoms with Gasteiger partial charge in [-0.05, 0) is 24.6 Å². The number of aromatic amines is 1. The molecule has 1 aromatic carbocycles. The lowest BCUT2D eigenvalue weighted by molar-refractivity contribution is 0.602. The number of aromatic nitrogens is 2. The average Bonchev–Trinajstić information content (AvgIpc) is 2.78. The molecule has 5 nitrogen and oxygen atoms in total. The number of nitrogens with zero attached hydrogens (tertiary/aromatic N) is 1. The topological polar surface area (TPSA) is 74.8 Å². The maximum Gasteiger partial charge on any atom is 0.233 e. The van der Waals surface area contributed by atoms with Crippen LogP contribution in [-0.4, -0.2) is 24.4 Å². The Morgan fingerprint density at radius 1 is 1.33 bits per heavy atom. The number of H-pyrrole nitrogens is 1. The van der Waals surface area contributed by atoms with Crippen LogP contribution in [0, 0.1) is 0 Å². The molecule has 0 radical (unpaired) electrons. The molecule has 0 aliphatic heterocycles. The van der Waals surface area contributed by atoms with Crippen LogP contribution in [0.2, 0.25) is 5.02 Å². The summed E-state index contributed by atoms with van der Waals surface area (Å²) in [4.78, 5) is 0. The summed E-state index contributed by atoms with van der Waals surface area (Å²) in [5.74, 6) is 0.290. The van der Waals surface area contributed by atoms with Crippen molar-refractivity contribution in [2.75, 3.05) is 10.5 Å². The second-order valence-electron chi connectivity index (χ2n) is 3.68. The van der Waals surface area contributed by atoms with Crippen LogP contribution < -0.4 is 4.72 Å². The molecule has 0 aliphatic rings. The van der Waals surface area contributed by atoms with Gasteiger partial charge in [0.25, 0.3) is 0 Å². The van der Waals surface area contributed by atoms with Crippen LogP contribution in [0.15, 0.2) is 30.3 Å². The normalized spacial score (nSPS) is 11.4. The highest BCUT2D eigenvalue weighted by Gasteiger charge is 2.10. The molecule has 2 rings (SSSR count). The van der Waals surface area contributed by atoms with Crippen molar-refractivity contribution >= 4 is 27.4 Å². The molecular weight excluding hydrogens is 274 g/mol. The largest absolute Gasteiger partial charge is 0.276 e. The van der Waals surface area contributed by atoms with Crippen molar-refractivity contribution in [3.05, 3.63) is 35.4 Å². The van der Waals surface area contributed by atoms with Crippen LogP contribution in [0.5, 0.6) is 0 Å². The van der Waals surface area contributed by atoms with Gasteiger partial charge in [0, 0.05) is 11.1 Å². The standard InChI is InChI=1S/C11H12ClN3O2S/c1-2-18(16,17)15-11-7-10(13-14-11)8-3-5-9(12)6-4-8/h3-7H,2H2,1H3,(H2,13,14,15). The average molecular weight is 286 g/mol. The van der Waals surface area contributed by atoms with Gasteiger partial charge in [-0.1, -0.05) is 23.7 Å². The van der Waals surface area contributed by atoms with Gasteiger partial charge in [0.2, 0.25) is 10.0 Å². The minimum Gasteiger partial charge on any atom is -0.276 e. The van der Waals surface area contributed by atoms with E-state index >= 15 is 0 Å². The molecule has 0 bridgehead atoms. The zero-order valence-corrected chi connectivity index (χ0v) is 11.2. The van der Waals surface area contributed by atoms with Crippen molar-refractivity contribution in [1.29, 1.82) is 0 Å². The molecule has 1 aromatic heterocycles. The van der Waals surface area contributed by atoms with Gasteiger partial charge in [0.05, 0.1) is 11.4 Å². The summed E-state index contributed by atoms with van der Waals surface area (Å²) in [5, 5.41) is 7.31. The van der Waals surface area contributed by atoms with Crippen molar-refractivity contribution in [3.63, 3.8) is 0 Å². The fraction of sp³-hybridized carbons (Fsp3) is 0.182. The van der Waals surface area contributed by atoms with Crippen molar-refractivity contribution in [1.82, 2.24) is 10.2 Å². The summed E-state index contributed by atoms with van der Waals surface area (Å²) in [7, 11) is -3.30. The number of rotatable bonds is 4. The van der Waals surface area contributed by atoms with E-state index in [0.717, 1.165) is 11.3 Å². The summed E-state index contributed by atoms with van der Waals surface area (Å²) in [6.45, 7) is 1.56. The first-order valence-corrected chi connectivity index (χ1v) is 7.35. The minimum absolute atomic E-state index is 0.0101. The van der Waals surface area contributed by atoms with E-state index in [2.05, 4.69) is 14.9 Å². The highest BCUT2D eigenvalue weighted by molar-refractivity contribution is 7.92. The maximum absolute atomic E-state index is 11.4. The SMILES string of the molecule is CCS(=O)(=O)Nc1cc(-c2ccc(Cl)cc2)[nH]n1. The van der Waals surface area contributed by atoms with Crippen molar-refractivity contribution in [2.24, 2.45) is 0 Å². The first kappa shape index (κ1) is 12.9. The van der Waals surface area contributed by atoms with E-state index in [4.69, 9.17) is 11.6 Å². The molecule has 0 saturated carbocycles. The van der Waals surface area contributed by atoms with Gasteiger partial charge in [-0.25, -0.2) is 8.42 Å². The smallest absolute Gasteiger partial charge is 0.233 e. The van der Waals surface area contributed by atoms with E-state index in [0.29, 0.717) is 5.02 Å². The minimum atomic E-state index is -3.30. The van der Waals surface area contributed by atoms with Gasteiger partial charge < -0.3 is 0 Å². The second-order valence-corrected chi connectivity index (χ2v) is 6.13. The van der Waals surface area contributed by atoms with Crippen molar-refractivity contribution in [3.8, 4) is 11.3 Å². The molecular formula is C11H12ClN3O2S. The first-order valence-electron chi connectivity index (χ1n) is 5.32. The molecule has 0 fully saturated rings. The quantitative estimate of drug-likeness (QED) is 0.906. The van der Waals surface area contributed by atoms with Crippen LogP contribution >= 0.6 is 11.6 Å². The van der Waals surface area contributed by atoms with E-state index < -0.39 is 10.0 Å². The van der Waals surface area contributed by atoms with E-state index in [1.54, 1.807) is 25.1 Å². The molecule has 0 unspecified atom stereocenters. The molecule has 0 atom stereocenters. The number of benzene rings is 1. The molecule has 7 heteroatoms. The lowest BCUT2D eigenvalue weighted by Crippen LogP contribution is -2.14. The zero-order valence-electron chi connectivity index (χ0n) is 9.64. The number of hydrogen-bond acceptors (Lipinski definition) is 3. The fourth-order valence-corrected chi connectivity index (χ4v) is 2.08.